The molecule has 0 spiro atoms. The molecule has 0 radical (unpaired) electrons. The minimum atomic E-state index is -4.09. The Balaban J connectivity index is 1.67. The van der Waals surface area contributed by atoms with Crippen molar-refractivity contribution in [3.63, 3.8) is 0 Å². The molecule has 0 saturated carbocycles. The van der Waals surface area contributed by atoms with Gasteiger partial charge in [0.25, 0.3) is 0 Å². The predicted molar refractivity (Wildman–Crippen MR) is 200 cm³/mol. The fraction of sp³-hybridized carbons (Fsp3) is 0.718. The van der Waals surface area contributed by atoms with E-state index in [0.29, 0.717) is 6.54 Å². The van der Waals surface area contributed by atoms with Crippen molar-refractivity contribution in [1.29, 1.82) is 0 Å². The smallest absolute Gasteiger partial charge is 0.311 e. The fourth-order valence-corrected chi connectivity index (χ4v) is 9.67. The normalized spacial score (nSPS) is 40.4. The zero-order valence-electron chi connectivity index (χ0n) is 32.8. The summed E-state index contributed by atoms with van der Waals surface area (Å²) < 4.78 is 47.3. The summed E-state index contributed by atoms with van der Waals surface area (Å²) in [7, 11) is -0.892. The van der Waals surface area contributed by atoms with Crippen LogP contribution in [0.2, 0.25) is 0 Å². The lowest BCUT2D eigenvalue weighted by molar-refractivity contribution is -0.297. The van der Waals surface area contributed by atoms with Gasteiger partial charge in [-0.3, -0.25) is 4.79 Å². The largest absolute Gasteiger partial charge is 0.459 e. The molecule has 300 valence electrons. The number of fused-ring (bicyclic) bond motifs is 1. The van der Waals surface area contributed by atoms with Crippen molar-refractivity contribution in [2.24, 2.45) is 17.8 Å². The molecule has 0 unspecified atom stereocenters. The van der Waals surface area contributed by atoms with Gasteiger partial charge < -0.3 is 44.6 Å². The Morgan fingerprint density at radius 2 is 1.60 bits per heavy atom. The highest BCUT2D eigenvalue weighted by atomic mass is 32.2. The number of nitrogens with zero attached hydrogens (tertiary/aromatic N) is 2. The minimum Gasteiger partial charge on any atom is -0.459 e. The summed E-state index contributed by atoms with van der Waals surface area (Å²) in [6.45, 7) is 13.6. The van der Waals surface area contributed by atoms with Gasteiger partial charge in [0.05, 0.1) is 40.8 Å². The van der Waals surface area contributed by atoms with Crippen molar-refractivity contribution in [2.45, 2.75) is 146 Å². The summed E-state index contributed by atoms with van der Waals surface area (Å²) in [5.41, 5.74) is -3.49. The molecule has 2 saturated heterocycles. The number of aliphatic hydroxyl groups is 5. The maximum absolute atomic E-state index is 14.0. The highest BCUT2D eigenvalue weighted by Gasteiger charge is 2.50. The first-order chi connectivity index (χ1) is 24.5. The number of benzene rings is 2. The number of sulfonamides is 1. The van der Waals surface area contributed by atoms with Crippen molar-refractivity contribution in [1.82, 2.24) is 9.21 Å². The third-order valence-electron chi connectivity index (χ3n) is 11.7. The molecule has 0 bridgehead atoms. The number of carbonyl (C=O) groups is 1. The molecule has 0 amide bonds. The summed E-state index contributed by atoms with van der Waals surface area (Å²) in [4.78, 5) is 15.4. The molecule has 2 heterocycles. The summed E-state index contributed by atoms with van der Waals surface area (Å²) >= 11 is 0. The van der Waals surface area contributed by atoms with Crippen LogP contribution in [0.1, 0.15) is 74.7 Å². The monoisotopic (exact) mass is 766 g/mol. The number of hydrogen-bond acceptors (Lipinski definition) is 12. The van der Waals surface area contributed by atoms with Crippen LogP contribution in [0.4, 0.5) is 0 Å². The van der Waals surface area contributed by atoms with Gasteiger partial charge >= 0.3 is 5.97 Å². The van der Waals surface area contributed by atoms with Crippen LogP contribution in [0.15, 0.2) is 47.4 Å². The van der Waals surface area contributed by atoms with Gasteiger partial charge in [0.1, 0.15) is 23.9 Å². The third kappa shape index (κ3) is 9.25. The van der Waals surface area contributed by atoms with E-state index in [1.807, 2.05) is 36.1 Å². The number of carbonyl (C=O) groups excluding carboxylic acids is 1. The van der Waals surface area contributed by atoms with Gasteiger partial charge in [0.2, 0.25) is 10.0 Å². The highest BCUT2D eigenvalue weighted by Crippen LogP contribution is 2.37. The molecule has 2 fully saturated rings. The molecule has 2 aromatic rings. The zero-order chi connectivity index (χ0) is 39.8. The van der Waals surface area contributed by atoms with Crippen LogP contribution in [0, 0.1) is 17.8 Å². The Morgan fingerprint density at radius 3 is 2.23 bits per heavy atom. The molecule has 4 rings (SSSR count). The number of likely N-dealkylation sites (N-methyl/N-ethyl adjacent to an activating group) is 2. The molecule has 5 N–H and O–H groups in total. The van der Waals surface area contributed by atoms with Gasteiger partial charge in [-0.15, -0.1) is 0 Å². The Labute approximate surface area is 314 Å². The van der Waals surface area contributed by atoms with Crippen molar-refractivity contribution in [3.8, 4) is 0 Å². The van der Waals surface area contributed by atoms with Gasteiger partial charge in [0, 0.05) is 25.6 Å². The van der Waals surface area contributed by atoms with E-state index in [-0.39, 0.29) is 30.1 Å². The van der Waals surface area contributed by atoms with Crippen LogP contribution in [0.25, 0.3) is 10.8 Å². The first kappa shape index (κ1) is 43.5. The van der Waals surface area contributed by atoms with E-state index >= 15 is 0 Å². The van der Waals surface area contributed by atoms with E-state index < -0.39 is 94.0 Å². The summed E-state index contributed by atoms with van der Waals surface area (Å²) in [6, 6.07) is 10.7. The summed E-state index contributed by atoms with van der Waals surface area (Å²) in [6.07, 6.45) is -8.05. The number of esters is 1. The molecule has 2 aliphatic heterocycles. The average molecular weight is 767 g/mol. The van der Waals surface area contributed by atoms with Gasteiger partial charge in [-0.25, -0.2) is 8.42 Å². The van der Waals surface area contributed by atoms with Gasteiger partial charge in [-0.05, 0) is 89.8 Å². The molecule has 2 aliphatic rings. The van der Waals surface area contributed by atoms with E-state index in [9.17, 15) is 38.7 Å². The second-order valence-corrected chi connectivity index (χ2v) is 18.2. The van der Waals surface area contributed by atoms with E-state index in [1.54, 1.807) is 53.8 Å². The second-order valence-electron chi connectivity index (χ2n) is 16.2. The lowest BCUT2D eigenvalue weighted by Gasteiger charge is -2.46. The Morgan fingerprint density at radius 1 is 0.981 bits per heavy atom. The third-order valence-corrected chi connectivity index (χ3v) is 13.5. The maximum Gasteiger partial charge on any atom is 0.311 e. The van der Waals surface area contributed by atoms with Crippen LogP contribution in [0.5, 0.6) is 0 Å². The number of rotatable bonds is 6. The standard InChI is InChI=1S/C39H62N2O11S/c1-11-31-39(8,47)34(44)26(6)40(9)21-22(2)20-38(7,46)35(24(4)32(42)25(5)36(45)51-31)52-37-33(43)30(18-23(3)50-37)41(10)53(48,49)29-17-16-27-14-12-13-15-28(27)19-29/h12-17,19,22-26,30-35,37,42-44,46-47H,11,18,20-21H2,1-10H3/t22-,23-,24+,25-,26-,30+,31-,32+,33-,34-,35-,37+,38+,39-/m1/s1. The van der Waals surface area contributed by atoms with Crippen molar-refractivity contribution < 1.29 is 53.0 Å². The molecular weight excluding hydrogens is 704 g/mol. The number of cyclic esters (lactones) is 1. The molecule has 14 atom stereocenters. The SMILES string of the molecule is CC[C@H]1OC(=O)[C@H](C)[C@@H](O)[C@H](C)[C@@H](O[C@@H]2O[C@H](C)C[C@H](N(C)S(=O)(=O)c3ccc4ccccc4c3)[C@H]2O)[C@@](C)(O)C[C@@H](C)CN(C)[C@H](C)[C@@H](O)[C@]1(C)O. The molecule has 0 aliphatic carbocycles. The lowest BCUT2D eigenvalue weighted by atomic mass is 9.78. The topological polar surface area (TPSA) is 187 Å². The highest BCUT2D eigenvalue weighted by molar-refractivity contribution is 7.89. The van der Waals surface area contributed by atoms with E-state index in [0.717, 1.165) is 15.1 Å². The molecule has 0 aromatic heterocycles. The Hall–Kier alpha value is -2.24. The van der Waals surface area contributed by atoms with Gasteiger partial charge in [-0.1, -0.05) is 51.1 Å². The van der Waals surface area contributed by atoms with Crippen molar-refractivity contribution in [3.05, 3.63) is 42.5 Å². The van der Waals surface area contributed by atoms with Crippen LogP contribution < -0.4 is 0 Å². The second kappa shape index (κ2) is 16.9. The fourth-order valence-electron chi connectivity index (χ4n) is 8.26. The molecule has 13 nitrogen and oxygen atoms in total. The van der Waals surface area contributed by atoms with Crippen LogP contribution in [0.3, 0.4) is 0 Å². The average Bonchev–Trinajstić information content (AvgIpc) is 3.10. The maximum atomic E-state index is 14.0. The Kier molecular flexibility index (Phi) is 13.8. The lowest BCUT2D eigenvalue weighted by Crippen LogP contribution is -2.60. The van der Waals surface area contributed by atoms with E-state index in [4.69, 9.17) is 14.2 Å². The van der Waals surface area contributed by atoms with Crippen LogP contribution in [-0.4, -0.2) is 136 Å². The summed E-state index contributed by atoms with van der Waals surface area (Å²) in [5.74, 6) is -3.12. The molecule has 14 heteroatoms. The quantitative estimate of drug-likeness (QED) is 0.271. The first-order valence-corrected chi connectivity index (χ1v) is 20.2. The van der Waals surface area contributed by atoms with Crippen LogP contribution >= 0.6 is 0 Å². The summed E-state index contributed by atoms with van der Waals surface area (Å²) in [5, 5.41) is 60.0. The van der Waals surface area contributed by atoms with E-state index in [1.165, 1.54) is 27.0 Å². The number of hydrogen-bond donors (Lipinski definition) is 5. The number of ether oxygens (including phenoxy) is 3. The van der Waals surface area contributed by atoms with Crippen molar-refractivity contribution >= 4 is 26.8 Å². The molecule has 2 aromatic carbocycles. The van der Waals surface area contributed by atoms with Gasteiger partial charge in [0.15, 0.2) is 6.29 Å². The van der Waals surface area contributed by atoms with Gasteiger partial charge in [-0.2, -0.15) is 4.31 Å². The van der Waals surface area contributed by atoms with E-state index in [2.05, 4.69) is 0 Å². The van der Waals surface area contributed by atoms with Crippen LogP contribution in [-0.2, 0) is 29.0 Å². The number of aliphatic hydroxyl groups excluding tert-OH is 3. The minimum absolute atomic E-state index is 0.0671. The first-order valence-electron chi connectivity index (χ1n) is 18.7. The van der Waals surface area contributed by atoms with Crippen molar-refractivity contribution in [2.75, 3.05) is 20.6 Å². The molecular formula is C39H62N2O11S. The Bertz CT molecular complexity index is 1650. The predicted octanol–water partition coefficient (Wildman–Crippen LogP) is 2.89. The zero-order valence-corrected chi connectivity index (χ0v) is 33.6. The molecule has 53 heavy (non-hydrogen) atoms.